The molecule has 126 valence electrons. The maximum atomic E-state index is 13.0. The van der Waals surface area contributed by atoms with Gasteiger partial charge >= 0.3 is 0 Å². The van der Waals surface area contributed by atoms with Crippen molar-refractivity contribution in [3.8, 4) is 0 Å². The molecule has 0 unspecified atom stereocenters. The molecule has 2 atom stereocenters. The number of nitrogens with zero attached hydrogens (tertiary/aromatic N) is 1. The zero-order valence-corrected chi connectivity index (χ0v) is 14.1. The van der Waals surface area contributed by atoms with Crippen molar-refractivity contribution in [1.82, 2.24) is 9.62 Å². The predicted octanol–water partition coefficient (Wildman–Crippen LogP) is 1.03. The SMILES string of the molecule is CS(=O)(=O)N1CC[C@@]2(C(=O)Nc3ccccc3)CCNCC[C@@H]12. The van der Waals surface area contributed by atoms with Crippen LogP contribution in [0.3, 0.4) is 0 Å². The van der Waals surface area contributed by atoms with E-state index in [0.29, 0.717) is 25.8 Å². The highest BCUT2D eigenvalue weighted by Gasteiger charge is 2.54. The molecule has 1 aromatic rings. The maximum absolute atomic E-state index is 13.0. The standard InChI is InChI=1S/C16H23N3O3S/c1-23(21,22)19-12-9-16(8-11-17-10-7-14(16)19)15(20)18-13-5-3-2-4-6-13/h2-6,14,17H,7-12H2,1H3,(H,18,20)/t14-,16+/m1/s1. The molecule has 2 fully saturated rings. The zero-order chi connectivity index (χ0) is 16.5. The first-order valence-corrected chi connectivity index (χ1v) is 9.82. The Balaban J connectivity index is 1.91. The normalized spacial score (nSPS) is 28.8. The van der Waals surface area contributed by atoms with Gasteiger partial charge in [0.25, 0.3) is 0 Å². The first kappa shape index (κ1) is 16.4. The van der Waals surface area contributed by atoms with Crippen molar-refractivity contribution in [1.29, 1.82) is 0 Å². The van der Waals surface area contributed by atoms with Crippen molar-refractivity contribution in [2.75, 3.05) is 31.2 Å². The second kappa shape index (κ2) is 6.22. The number of anilines is 1. The van der Waals surface area contributed by atoms with Gasteiger partial charge in [0.15, 0.2) is 0 Å². The number of rotatable bonds is 3. The number of hydrogen-bond donors (Lipinski definition) is 2. The van der Waals surface area contributed by atoms with Crippen LogP contribution in [0, 0.1) is 5.41 Å². The topological polar surface area (TPSA) is 78.5 Å². The highest BCUT2D eigenvalue weighted by Crippen LogP contribution is 2.44. The lowest BCUT2D eigenvalue weighted by atomic mass is 9.76. The highest BCUT2D eigenvalue weighted by molar-refractivity contribution is 7.88. The van der Waals surface area contributed by atoms with Crippen LogP contribution in [0.5, 0.6) is 0 Å². The number of fused-ring (bicyclic) bond motifs is 1. The summed E-state index contributed by atoms with van der Waals surface area (Å²) in [5, 5.41) is 6.28. The molecule has 2 aliphatic rings. The molecule has 2 N–H and O–H groups in total. The van der Waals surface area contributed by atoms with Crippen LogP contribution in [0.4, 0.5) is 5.69 Å². The lowest BCUT2D eigenvalue weighted by molar-refractivity contribution is -0.126. The van der Waals surface area contributed by atoms with Crippen molar-refractivity contribution in [3.05, 3.63) is 30.3 Å². The van der Waals surface area contributed by atoms with E-state index in [1.54, 1.807) is 0 Å². The molecule has 2 heterocycles. The second-order valence-corrected chi connectivity index (χ2v) is 8.34. The Morgan fingerprint density at radius 2 is 2.00 bits per heavy atom. The summed E-state index contributed by atoms with van der Waals surface area (Å²) in [6.07, 6.45) is 3.12. The third-order valence-electron chi connectivity index (χ3n) is 5.02. The molecule has 2 aliphatic heterocycles. The minimum atomic E-state index is -3.31. The lowest BCUT2D eigenvalue weighted by Crippen LogP contribution is -2.48. The number of para-hydroxylation sites is 1. The van der Waals surface area contributed by atoms with Gasteiger partial charge in [0.1, 0.15) is 0 Å². The number of sulfonamides is 1. The predicted molar refractivity (Wildman–Crippen MR) is 89.6 cm³/mol. The minimum absolute atomic E-state index is 0.0662. The Hall–Kier alpha value is -1.44. The Bertz CT molecular complexity index is 677. The van der Waals surface area contributed by atoms with E-state index in [1.807, 2.05) is 30.3 Å². The summed E-state index contributed by atoms with van der Waals surface area (Å²) >= 11 is 0. The summed E-state index contributed by atoms with van der Waals surface area (Å²) in [5.74, 6) is -0.0662. The van der Waals surface area contributed by atoms with E-state index >= 15 is 0 Å². The van der Waals surface area contributed by atoms with Gasteiger partial charge in [0, 0.05) is 18.3 Å². The molecule has 0 aromatic heterocycles. The van der Waals surface area contributed by atoms with E-state index in [-0.39, 0.29) is 11.9 Å². The summed E-state index contributed by atoms with van der Waals surface area (Å²) in [6, 6.07) is 9.07. The Labute approximate surface area is 137 Å². The van der Waals surface area contributed by atoms with Gasteiger partial charge in [-0.3, -0.25) is 4.79 Å². The summed E-state index contributed by atoms with van der Waals surface area (Å²) in [7, 11) is -3.31. The van der Waals surface area contributed by atoms with Crippen molar-refractivity contribution >= 4 is 21.6 Å². The molecule has 0 saturated carbocycles. The third-order valence-corrected chi connectivity index (χ3v) is 6.31. The number of hydrogen-bond acceptors (Lipinski definition) is 4. The molecule has 23 heavy (non-hydrogen) atoms. The molecule has 6 nitrogen and oxygen atoms in total. The van der Waals surface area contributed by atoms with Gasteiger partial charge in [-0.25, -0.2) is 8.42 Å². The number of benzene rings is 1. The van der Waals surface area contributed by atoms with E-state index < -0.39 is 15.4 Å². The molecule has 2 saturated heterocycles. The highest BCUT2D eigenvalue weighted by atomic mass is 32.2. The van der Waals surface area contributed by atoms with Crippen LogP contribution in [-0.4, -0.2) is 50.6 Å². The van der Waals surface area contributed by atoms with E-state index in [2.05, 4.69) is 10.6 Å². The number of amides is 1. The average molecular weight is 337 g/mol. The summed E-state index contributed by atoms with van der Waals surface area (Å²) in [6.45, 7) is 1.89. The summed E-state index contributed by atoms with van der Waals surface area (Å²) < 4.78 is 25.7. The quantitative estimate of drug-likeness (QED) is 0.863. The first-order chi connectivity index (χ1) is 10.9. The fourth-order valence-corrected chi connectivity index (χ4v) is 5.04. The third kappa shape index (κ3) is 3.13. The molecule has 7 heteroatoms. The Morgan fingerprint density at radius 3 is 2.70 bits per heavy atom. The largest absolute Gasteiger partial charge is 0.326 e. The van der Waals surface area contributed by atoms with Gasteiger partial charge in [0.05, 0.1) is 11.7 Å². The van der Waals surface area contributed by atoms with Crippen molar-refractivity contribution in [2.24, 2.45) is 5.41 Å². The molecule has 1 aromatic carbocycles. The van der Waals surface area contributed by atoms with Gasteiger partial charge in [-0.05, 0) is 44.5 Å². The molecular weight excluding hydrogens is 314 g/mol. The smallest absolute Gasteiger partial charge is 0.232 e. The monoisotopic (exact) mass is 337 g/mol. The van der Waals surface area contributed by atoms with Crippen LogP contribution in [0.15, 0.2) is 30.3 Å². The van der Waals surface area contributed by atoms with Gasteiger partial charge < -0.3 is 10.6 Å². The molecule has 1 amide bonds. The van der Waals surface area contributed by atoms with E-state index in [0.717, 1.165) is 18.8 Å². The maximum Gasteiger partial charge on any atom is 0.232 e. The molecular formula is C16H23N3O3S. The van der Waals surface area contributed by atoms with E-state index in [4.69, 9.17) is 0 Å². The number of carbonyl (C=O) groups is 1. The fourth-order valence-electron chi connectivity index (χ4n) is 3.85. The Morgan fingerprint density at radius 1 is 1.26 bits per heavy atom. The molecule has 3 rings (SSSR count). The van der Waals surface area contributed by atoms with E-state index in [1.165, 1.54) is 10.6 Å². The second-order valence-electron chi connectivity index (χ2n) is 6.40. The van der Waals surface area contributed by atoms with Gasteiger partial charge in [-0.1, -0.05) is 18.2 Å². The molecule has 0 radical (unpaired) electrons. The van der Waals surface area contributed by atoms with Crippen molar-refractivity contribution < 1.29 is 13.2 Å². The van der Waals surface area contributed by atoms with Crippen LogP contribution in [0.1, 0.15) is 19.3 Å². The van der Waals surface area contributed by atoms with Crippen LogP contribution in [0.2, 0.25) is 0 Å². The number of nitrogens with one attached hydrogen (secondary N) is 2. The van der Waals surface area contributed by atoms with Gasteiger partial charge in [-0.15, -0.1) is 0 Å². The van der Waals surface area contributed by atoms with Gasteiger partial charge in [0.2, 0.25) is 15.9 Å². The van der Waals surface area contributed by atoms with Crippen LogP contribution in [-0.2, 0) is 14.8 Å². The number of carbonyl (C=O) groups excluding carboxylic acids is 1. The summed E-state index contributed by atoms with van der Waals surface area (Å²) in [5.41, 5.74) is 0.100. The van der Waals surface area contributed by atoms with Crippen LogP contribution < -0.4 is 10.6 Å². The van der Waals surface area contributed by atoms with Crippen LogP contribution >= 0.6 is 0 Å². The minimum Gasteiger partial charge on any atom is -0.326 e. The van der Waals surface area contributed by atoms with Crippen molar-refractivity contribution in [2.45, 2.75) is 25.3 Å². The van der Waals surface area contributed by atoms with E-state index in [9.17, 15) is 13.2 Å². The molecule has 0 bridgehead atoms. The fraction of sp³-hybridized carbons (Fsp3) is 0.562. The zero-order valence-electron chi connectivity index (χ0n) is 13.3. The summed E-state index contributed by atoms with van der Waals surface area (Å²) in [4.78, 5) is 13.0. The average Bonchev–Trinajstić information content (AvgIpc) is 2.76. The van der Waals surface area contributed by atoms with Gasteiger partial charge in [-0.2, -0.15) is 4.31 Å². The van der Waals surface area contributed by atoms with Crippen LogP contribution in [0.25, 0.3) is 0 Å². The molecule has 0 spiro atoms. The first-order valence-electron chi connectivity index (χ1n) is 7.97. The molecule has 0 aliphatic carbocycles. The Kier molecular flexibility index (Phi) is 4.44. The lowest BCUT2D eigenvalue weighted by Gasteiger charge is -2.34. The van der Waals surface area contributed by atoms with Crippen molar-refractivity contribution in [3.63, 3.8) is 0 Å².